The van der Waals surface area contributed by atoms with Crippen molar-refractivity contribution in [3.05, 3.63) is 12.2 Å². The number of halogens is 1. The molecule has 2 aliphatic carbocycles. The third-order valence-corrected chi connectivity index (χ3v) is 3.35. The van der Waals surface area contributed by atoms with Crippen LogP contribution in [0.1, 0.15) is 25.7 Å². The van der Waals surface area contributed by atoms with Gasteiger partial charge in [0.25, 0.3) is 0 Å². The van der Waals surface area contributed by atoms with Crippen LogP contribution in [0.4, 0.5) is 0 Å². The molecule has 2 aliphatic rings. The summed E-state index contributed by atoms with van der Waals surface area (Å²) in [6.45, 7) is 0. The standard InChI is InChI=1S/C10H13ClO/c11-10(12)9-5-7-2-1-3-8(4-7)6-9/h1-2,7-9H,3-6H2/t7-,8+,9-/m1/s1. The van der Waals surface area contributed by atoms with Crippen LogP contribution in [0, 0.1) is 17.8 Å². The highest BCUT2D eigenvalue weighted by atomic mass is 35.5. The normalized spacial score (nSPS) is 39.6. The van der Waals surface area contributed by atoms with Crippen LogP contribution in [0.5, 0.6) is 0 Å². The van der Waals surface area contributed by atoms with Gasteiger partial charge in [0.2, 0.25) is 5.24 Å². The molecule has 1 saturated carbocycles. The van der Waals surface area contributed by atoms with E-state index >= 15 is 0 Å². The molecule has 0 aromatic heterocycles. The first-order valence-corrected chi connectivity index (χ1v) is 4.99. The van der Waals surface area contributed by atoms with Gasteiger partial charge >= 0.3 is 0 Å². The van der Waals surface area contributed by atoms with E-state index in [0.29, 0.717) is 5.92 Å². The van der Waals surface area contributed by atoms with Gasteiger partial charge in [-0.2, -0.15) is 0 Å². The lowest BCUT2D eigenvalue weighted by molar-refractivity contribution is -0.116. The molecule has 12 heavy (non-hydrogen) atoms. The molecule has 1 nitrogen and oxygen atoms in total. The first-order valence-electron chi connectivity index (χ1n) is 4.61. The minimum Gasteiger partial charge on any atom is -0.281 e. The Balaban J connectivity index is 2.07. The average molecular weight is 185 g/mol. The van der Waals surface area contributed by atoms with E-state index < -0.39 is 0 Å². The van der Waals surface area contributed by atoms with E-state index in [2.05, 4.69) is 12.2 Å². The quantitative estimate of drug-likeness (QED) is 0.453. The van der Waals surface area contributed by atoms with Gasteiger partial charge in [-0.1, -0.05) is 12.2 Å². The Labute approximate surface area is 77.8 Å². The van der Waals surface area contributed by atoms with E-state index in [1.165, 1.54) is 6.42 Å². The predicted octanol–water partition coefficient (Wildman–Crippen LogP) is 2.74. The maximum absolute atomic E-state index is 11.0. The Morgan fingerprint density at radius 3 is 2.83 bits per heavy atom. The van der Waals surface area contributed by atoms with Crippen molar-refractivity contribution < 1.29 is 4.79 Å². The van der Waals surface area contributed by atoms with Gasteiger partial charge in [-0.05, 0) is 49.1 Å². The summed E-state index contributed by atoms with van der Waals surface area (Å²) in [4.78, 5) is 11.0. The van der Waals surface area contributed by atoms with Crippen LogP contribution in [-0.4, -0.2) is 5.24 Å². The van der Waals surface area contributed by atoms with E-state index in [9.17, 15) is 4.79 Å². The molecule has 0 heterocycles. The molecular formula is C10H13ClO. The number of carbonyl (C=O) groups excluding carboxylic acids is 1. The van der Waals surface area contributed by atoms with E-state index in [1.807, 2.05) is 0 Å². The number of rotatable bonds is 1. The molecule has 3 atom stereocenters. The lowest BCUT2D eigenvalue weighted by atomic mass is 9.71. The summed E-state index contributed by atoms with van der Waals surface area (Å²) >= 11 is 5.51. The van der Waals surface area contributed by atoms with Crippen molar-refractivity contribution in [3.8, 4) is 0 Å². The zero-order valence-corrected chi connectivity index (χ0v) is 7.76. The first kappa shape index (κ1) is 8.31. The SMILES string of the molecule is O=C(Cl)[C@@H]1C[C@@H]2C=CC[C@@H](C2)C1. The fourth-order valence-corrected chi connectivity index (χ4v) is 2.66. The van der Waals surface area contributed by atoms with Crippen LogP contribution in [0.2, 0.25) is 0 Å². The van der Waals surface area contributed by atoms with Crippen LogP contribution in [0.15, 0.2) is 12.2 Å². The van der Waals surface area contributed by atoms with Gasteiger partial charge in [0, 0.05) is 5.92 Å². The Morgan fingerprint density at radius 1 is 1.33 bits per heavy atom. The molecule has 2 heteroatoms. The van der Waals surface area contributed by atoms with Crippen LogP contribution in [0.3, 0.4) is 0 Å². The van der Waals surface area contributed by atoms with Gasteiger partial charge in [-0.15, -0.1) is 0 Å². The summed E-state index contributed by atoms with van der Waals surface area (Å²) in [6, 6.07) is 0. The Morgan fingerprint density at radius 2 is 2.17 bits per heavy atom. The smallest absolute Gasteiger partial charge is 0.224 e. The van der Waals surface area contributed by atoms with Crippen molar-refractivity contribution in [2.24, 2.45) is 17.8 Å². The first-order chi connectivity index (χ1) is 5.75. The van der Waals surface area contributed by atoms with Gasteiger partial charge in [0.05, 0.1) is 0 Å². The average Bonchev–Trinajstić information content (AvgIpc) is 2.03. The zero-order valence-electron chi connectivity index (χ0n) is 7.00. The van der Waals surface area contributed by atoms with E-state index in [4.69, 9.17) is 11.6 Å². The highest BCUT2D eigenvalue weighted by Crippen LogP contribution is 2.39. The van der Waals surface area contributed by atoms with Crippen molar-refractivity contribution in [2.75, 3.05) is 0 Å². The third-order valence-electron chi connectivity index (χ3n) is 3.04. The fourth-order valence-electron chi connectivity index (χ4n) is 2.48. The molecule has 66 valence electrons. The number of carbonyl (C=O) groups is 1. The molecule has 0 aliphatic heterocycles. The van der Waals surface area contributed by atoms with E-state index in [0.717, 1.165) is 25.2 Å². The maximum Gasteiger partial charge on any atom is 0.224 e. The second-order valence-corrected chi connectivity index (χ2v) is 4.37. The molecule has 0 N–H and O–H groups in total. The van der Waals surface area contributed by atoms with E-state index in [-0.39, 0.29) is 11.2 Å². The molecule has 0 aromatic rings. The summed E-state index contributed by atoms with van der Waals surface area (Å²) in [7, 11) is 0. The second kappa shape index (κ2) is 3.21. The van der Waals surface area contributed by atoms with E-state index in [1.54, 1.807) is 0 Å². The molecule has 0 aromatic carbocycles. The van der Waals surface area contributed by atoms with Gasteiger partial charge in [0.1, 0.15) is 0 Å². The summed E-state index contributed by atoms with van der Waals surface area (Å²) in [6.07, 6.45) is 8.93. The summed E-state index contributed by atoms with van der Waals surface area (Å²) in [5, 5.41) is -0.125. The van der Waals surface area contributed by atoms with Gasteiger partial charge in [-0.3, -0.25) is 4.79 Å². The number of hydrogen-bond acceptors (Lipinski definition) is 1. The van der Waals surface area contributed by atoms with Crippen molar-refractivity contribution in [3.63, 3.8) is 0 Å². The van der Waals surface area contributed by atoms with Crippen LogP contribution >= 0.6 is 11.6 Å². The highest BCUT2D eigenvalue weighted by molar-refractivity contribution is 6.63. The molecule has 0 unspecified atom stereocenters. The number of hydrogen-bond donors (Lipinski definition) is 0. The highest BCUT2D eigenvalue weighted by Gasteiger charge is 2.32. The molecular weight excluding hydrogens is 172 g/mol. The van der Waals surface area contributed by atoms with Crippen molar-refractivity contribution in [1.82, 2.24) is 0 Å². The maximum atomic E-state index is 11.0. The largest absolute Gasteiger partial charge is 0.281 e. The van der Waals surface area contributed by atoms with Crippen molar-refractivity contribution in [2.45, 2.75) is 25.7 Å². The Bertz CT molecular complexity index is 222. The van der Waals surface area contributed by atoms with Crippen LogP contribution in [-0.2, 0) is 4.79 Å². The summed E-state index contributed by atoms with van der Waals surface area (Å²) in [5.74, 6) is 1.49. The minimum absolute atomic E-state index is 0.125. The molecule has 0 amide bonds. The van der Waals surface area contributed by atoms with Crippen molar-refractivity contribution in [1.29, 1.82) is 0 Å². The molecule has 2 rings (SSSR count). The molecule has 0 spiro atoms. The molecule has 0 radical (unpaired) electrons. The molecule has 2 bridgehead atoms. The number of fused-ring (bicyclic) bond motifs is 2. The number of allylic oxidation sites excluding steroid dienone is 2. The molecule has 0 saturated heterocycles. The topological polar surface area (TPSA) is 17.1 Å². The van der Waals surface area contributed by atoms with Gasteiger partial charge in [-0.25, -0.2) is 0 Å². The lowest BCUT2D eigenvalue weighted by Gasteiger charge is -2.34. The summed E-state index contributed by atoms with van der Waals surface area (Å²) in [5.41, 5.74) is 0. The second-order valence-electron chi connectivity index (χ2n) is 4.00. The monoisotopic (exact) mass is 184 g/mol. The minimum atomic E-state index is -0.125. The summed E-state index contributed by atoms with van der Waals surface area (Å²) < 4.78 is 0. The Hall–Kier alpha value is -0.300. The van der Waals surface area contributed by atoms with Crippen LogP contribution < -0.4 is 0 Å². The van der Waals surface area contributed by atoms with Gasteiger partial charge in [0.15, 0.2) is 0 Å². The molecule has 1 fully saturated rings. The predicted molar refractivity (Wildman–Crippen MR) is 48.9 cm³/mol. The zero-order chi connectivity index (χ0) is 8.55. The lowest BCUT2D eigenvalue weighted by Crippen LogP contribution is -2.27. The third kappa shape index (κ3) is 1.56. The van der Waals surface area contributed by atoms with Crippen LogP contribution in [0.25, 0.3) is 0 Å². The Kier molecular flexibility index (Phi) is 2.22. The van der Waals surface area contributed by atoms with Gasteiger partial charge < -0.3 is 0 Å². The van der Waals surface area contributed by atoms with Crippen molar-refractivity contribution >= 4 is 16.8 Å². The fraction of sp³-hybridized carbons (Fsp3) is 0.700.